The Bertz CT molecular complexity index is 927. The highest BCUT2D eigenvalue weighted by molar-refractivity contribution is 7.99. The lowest BCUT2D eigenvalue weighted by molar-refractivity contribution is -0.119. The molecular formula is C21H22ClN3O2S. The fraction of sp³-hybridized carbons (Fsp3) is 0.238. The van der Waals surface area contributed by atoms with Gasteiger partial charge in [-0.1, -0.05) is 41.9 Å². The van der Waals surface area contributed by atoms with Crippen molar-refractivity contribution >= 4 is 29.3 Å². The summed E-state index contributed by atoms with van der Waals surface area (Å²) in [6.45, 7) is 0. The van der Waals surface area contributed by atoms with Crippen molar-refractivity contribution in [3.63, 3.8) is 0 Å². The lowest BCUT2D eigenvalue weighted by Gasteiger charge is -2.19. The molecular weight excluding hydrogens is 394 g/mol. The molecule has 0 radical (unpaired) electrons. The summed E-state index contributed by atoms with van der Waals surface area (Å²) in [4.78, 5) is 17.0. The molecule has 3 aromatic rings. The van der Waals surface area contributed by atoms with Crippen molar-refractivity contribution in [2.75, 3.05) is 12.9 Å². The minimum atomic E-state index is -0.334. The van der Waals surface area contributed by atoms with Crippen LogP contribution < -0.4 is 10.1 Å². The highest BCUT2D eigenvalue weighted by Gasteiger charge is 2.20. The standard InChI is InChI=1S/C21H22ClN3O2S/c1-25-12-11-23-21(25)20(15-7-9-17(27-2)10-8-15)24-19(26)14-28-13-16-5-3-4-6-18(16)22/h3-12,20H,13-14H2,1-2H3,(H,24,26). The largest absolute Gasteiger partial charge is 0.497 e. The summed E-state index contributed by atoms with van der Waals surface area (Å²) in [5, 5.41) is 3.82. The number of methoxy groups -OCH3 is 1. The van der Waals surface area contributed by atoms with E-state index in [-0.39, 0.29) is 11.9 Å². The van der Waals surface area contributed by atoms with Gasteiger partial charge in [0, 0.05) is 30.2 Å². The first kappa shape index (κ1) is 20.3. The first-order chi connectivity index (χ1) is 13.6. The molecule has 0 saturated carbocycles. The molecule has 0 fully saturated rings. The molecule has 0 bridgehead atoms. The van der Waals surface area contributed by atoms with Crippen LogP contribution in [0.4, 0.5) is 0 Å². The molecule has 2 aromatic carbocycles. The number of ether oxygens (including phenoxy) is 1. The molecule has 1 heterocycles. The number of hydrogen-bond donors (Lipinski definition) is 1. The molecule has 1 atom stereocenters. The van der Waals surface area contributed by atoms with Gasteiger partial charge in [0.05, 0.1) is 12.9 Å². The van der Waals surface area contributed by atoms with Gasteiger partial charge in [-0.2, -0.15) is 0 Å². The van der Waals surface area contributed by atoms with E-state index in [0.29, 0.717) is 11.5 Å². The molecule has 1 amide bonds. The van der Waals surface area contributed by atoms with Gasteiger partial charge in [0.25, 0.3) is 0 Å². The predicted octanol–water partition coefficient (Wildman–Crippen LogP) is 4.22. The number of nitrogens with zero attached hydrogens (tertiary/aromatic N) is 2. The van der Waals surface area contributed by atoms with E-state index in [4.69, 9.17) is 16.3 Å². The van der Waals surface area contributed by atoms with E-state index < -0.39 is 0 Å². The highest BCUT2D eigenvalue weighted by Crippen LogP contribution is 2.24. The third-order valence-corrected chi connectivity index (χ3v) is 5.67. The molecule has 3 rings (SSSR count). The number of amides is 1. The number of aryl methyl sites for hydroxylation is 1. The van der Waals surface area contributed by atoms with E-state index in [1.807, 2.05) is 66.3 Å². The lowest BCUT2D eigenvalue weighted by Crippen LogP contribution is -2.32. The topological polar surface area (TPSA) is 56.1 Å². The molecule has 1 unspecified atom stereocenters. The Labute approximate surface area is 174 Å². The molecule has 28 heavy (non-hydrogen) atoms. The Kier molecular flexibility index (Phi) is 7.01. The van der Waals surface area contributed by atoms with Crippen LogP contribution in [0.2, 0.25) is 5.02 Å². The maximum atomic E-state index is 12.6. The highest BCUT2D eigenvalue weighted by atomic mass is 35.5. The summed E-state index contributed by atoms with van der Waals surface area (Å²) in [6.07, 6.45) is 3.59. The number of hydrogen-bond acceptors (Lipinski definition) is 4. The van der Waals surface area contributed by atoms with Crippen LogP contribution in [0.1, 0.15) is 23.0 Å². The van der Waals surface area contributed by atoms with Crippen LogP contribution in [0, 0.1) is 0 Å². The minimum Gasteiger partial charge on any atom is -0.497 e. The Morgan fingerprint density at radius 2 is 2.00 bits per heavy atom. The van der Waals surface area contributed by atoms with Crippen molar-refractivity contribution in [2.45, 2.75) is 11.8 Å². The van der Waals surface area contributed by atoms with E-state index in [9.17, 15) is 4.79 Å². The zero-order valence-electron chi connectivity index (χ0n) is 15.8. The SMILES string of the molecule is COc1ccc(C(NC(=O)CSCc2ccccc2Cl)c2nccn2C)cc1. The van der Waals surface area contributed by atoms with Crippen molar-refractivity contribution in [3.05, 3.63) is 82.9 Å². The van der Waals surface area contributed by atoms with Crippen LogP contribution in [0.3, 0.4) is 0 Å². The maximum Gasteiger partial charge on any atom is 0.230 e. The number of nitrogens with one attached hydrogen (secondary N) is 1. The number of benzene rings is 2. The van der Waals surface area contributed by atoms with Crippen molar-refractivity contribution in [1.29, 1.82) is 0 Å². The summed E-state index contributed by atoms with van der Waals surface area (Å²) in [6, 6.07) is 15.0. The summed E-state index contributed by atoms with van der Waals surface area (Å²) in [7, 11) is 3.54. The van der Waals surface area contributed by atoms with E-state index in [0.717, 1.165) is 27.7 Å². The van der Waals surface area contributed by atoms with Crippen LogP contribution >= 0.6 is 23.4 Å². The molecule has 1 aromatic heterocycles. The van der Waals surface area contributed by atoms with Gasteiger partial charge in [-0.25, -0.2) is 4.98 Å². The number of imidazole rings is 1. The zero-order valence-corrected chi connectivity index (χ0v) is 17.3. The van der Waals surface area contributed by atoms with Crippen molar-refractivity contribution < 1.29 is 9.53 Å². The maximum absolute atomic E-state index is 12.6. The molecule has 1 N–H and O–H groups in total. The summed E-state index contributed by atoms with van der Waals surface area (Å²) in [5.41, 5.74) is 1.97. The van der Waals surface area contributed by atoms with Crippen molar-refractivity contribution in [2.24, 2.45) is 7.05 Å². The molecule has 0 aliphatic heterocycles. The van der Waals surface area contributed by atoms with Gasteiger partial charge in [-0.3, -0.25) is 4.79 Å². The Hall–Kier alpha value is -2.44. The third-order valence-electron chi connectivity index (χ3n) is 4.32. The molecule has 0 spiro atoms. The van der Waals surface area contributed by atoms with Gasteiger partial charge in [0.15, 0.2) is 0 Å². The number of aromatic nitrogens is 2. The lowest BCUT2D eigenvalue weighted by atomic mass is 10.1. The second-order valence-corrected chi connectivity index (χ2v) is 7.65. The minimum absolute atomic E-state index is 0.0547. The Morgan fingerprint density at radius 1 is 1.25 bits per heavy atom. The van der Waals surface area contributed by atoms with Crippen molar-refractivity contribution in [1.82, 2.24) is 14.9 Å². The van der Waals surface area contributed by atoms with Gasteiger partial charge in [0.2, 0.25) is 5.91 Å². The van der Waals surface area contributed by atoms with Crippen LogP contribution in [0.5, 0.6) is 5.75 Å². The molecule has 7 heteroatoms. The third kappa shape index (κ3) is 5.09. The van der Waals surface area contributed by atoms with Crippen LogP contribution in [0.25, 0.3) is 0 Å². The quantitative estimate of drug-likeness (QED) is 0.598. The Morgan fingerprint density at radius 3 is 2.64 bits per heavy atom. The van der Waals surface area contributed by atoms with Crippen molar-refractivity contribution in [3.8, 4) is 5.75 Å². The van der Waals surface area contributed by atoms with Gasteiger partial charge in [-0.15, -0.1) is 11.8 Å². The molecule has 0 saturated heterocycles. The first-order valence-electron chi connectivity index (χ1n) is 8.80. The van der Waals surface area contributed by atoms with Gasteiger partial charge in [0.1, 0.15) is 17.6 Å². The van der Waals surface area contributed by atoms with Gasteiger partial charge >= 0.3 is 0 Å². The first-order valence-corrected chi connectivity index (χ1v) is 10.3. The number of carbonyl (C=O) groups is 1. The van der Waals surface area contributed by atoms with Gasteiger partial charge < -0.3 is 14.6 Å². The van der Waals surface area contributed by atoms with E-state index >= 15 is 0 Å². The van der Waals surface area contributed by atoms with Crippen LogP contribution in [-0.4, -0.2) is 28.3 Å². The summed E-state index contributed by atoms with van der Waals surface area (Å²) in [5.74, 6) is 2.50. The Balaban J connectivity index is 1.68. The van der Waals surface area contributed by atoms with E-state index in [2.05, 4.69) is 10.3 Å². The average molecular weight is 416 g/mol. The fourth-order valence-corrected chi connectivity index (χ4v) is 3.94. The summed E-state index contributed by atoms with van der Waals surface area (Å²) < 4.78 is 7.14. The molecule has 0 aliphatic rings. The molecule has 5 nitrogen and oxygen atoms in total. The average Bonchev–Trinajstić information content (AvgIpc) is 3.13. The number of rotatable bonds is 8. The fourth-order valence-electron chi connectivity index (χ4n) is 2.82. The second kappa shape index (κ2) is 9.66. The second-order valence-electron chi connectivity index (χ2n) is 6.25. The molecule has 146 valence electrons. The number of thioether (sulfide) groups is 1. The monoisotopic (exact) mass is 415 g/mol. The van der Waals surface area contributed by atoms with Crippen LogP contribution in [-0.2, 0) is 17.6 Å². The zero-order chi connectivity index (χ0) is 19.9. The number of halogens is 1. The predicted molar refractivity (Wildman–Crippen MR) is 114 cm³/mol. The smallest absolute Gasteiger partial charge is 0.230 e. The normalized spacial score (nSPS) is 11.8. The van der Waals surface area contributed by atoms with E-state index in [1.54, 1.807) is 13.3 Å². The van der Waals surface area contributed by atoms with Gasteiger partial charge in [-0.05, 0) is 29.3 Å². The number of carbonyl (C=O) groups excluding carboxylic acids is 1. The van der Waals surface area contributed by atoms with E-state index in [1.165, 1.54) is 11.8 Å². The van der Waals surface area contributed by atoms with Crippen LogP contribution in [0.15, 0.2) is 60.9 Å². The summed E-state index contributed by atoms with van der Waals surface area (Å²) >= 11 is 7.71. The molecule has 0 aliphatic carbocycles.